The van der Waals surface area contributed by atoms with Crippen molar-refractivity contribution < 1.29 is 9.59 Å². The Balaban J connectivity index is 2.78. The zero-order valence-corrected chi connectivity index (χ0v) is 11.3. The molecule has 0 aliphatic rings. The normalized spacial score (nSPS) is 12.2. The van der Waals surface area contributed by atoms with Crippen LogP contribution >= 0.6 is 15.9 Å². The maximum Gasteiger partial charge on any atom is 0.248 e. The van der Waals surface area contributed by atoms with Crippen molar-refractivity contribution in [3.8, 4) is 0 Å². The molecule has 0 aliphatic heterocycles. The van der Waals surface area contributed by atoms with Crippen molar-refractivity contribution in [2.75, 3.05) is 5.32 Å². The lowest BCUT2D eigenvalue weighted by molar-refractivity contribution is -0.116. The summed E-state index contributed by atoms with van der Waals surface area (Å²) in [7, 11) is 0. The van der Waals surface area contributed by atoms with Crippen LogP contribution in [0.15, 0.2) is 24.3 Å². The summed E-state index contributed by atoms with van der Waals surface area (Å²) in [4.78, 5) is 22.5. The van der Waals surface area contributed by atoms with Crippen molar-refractivity contribution in [3.05, 3.63) is 29.8 Å². The Morgan fingerprint density at radius 3 is 2.53 bits per heavy atom. The number of alkyl halides is 1. The molecule has 0 radical (unpaired) electrons. The number of halogens is 1. The van der Waals surface area contributed by atoms with E-state index in [1.807, 2.05) is 13.8 Å². The van der Waals surface area contributed by atoms with Crippen molar-refractivity contribution in [2.45, 2.75) is 18.7 Å². The highest BCUT2D eigenvalue weighted by Crippen LogP contribution is 2.16. The molecular formula is C12H15BrN2O2. The van der Waals surface area contributed by atoms with Gasteiger partial charge in [0.15, 0.2) is 0 Å². The van der Waals surface area contributed by atoms with Gasteiger partial charge in [0.05, 0.1) is 4.83 Å². The van der Waals surface area contributed by atoms with E-state index in [4.69, 9.17) is 5.73 Å². The third-order valence-corrected chi connectivity index (χ3v) is 3.72. The quantitative estimate of drug-likeness (QED) is 0.836. The van der Waals surface area contributed by atoms with Gasteiger partial charge in [-0.05, 0) is 24.1 Å². The molecule has 1 aromatic rings. The maximum atomic E-state index is 11.8. The van der Waals surface area contributed by atoms with Crippen molar-refractivity contribution in [1.82, 2.24) is 0 Å². The van der Waals surface area contributed by atoms with Gasteiger partial charge in [0.2, 0.25) is 11.8 Å². The molecule has 0 aliphatic carbocycles. The van der Waals surface area contributed by atoms with Crippen LogP contribution in [-0.2, 0) is 4.79 Å². The maximum absolute atomic E-state index is 11.8. The molecule has 0 heterocycles. The van der Waals surface area contributed by atoms with Crippen molar-refractivity contribution >= 4 is 33.4 Å². The second-order valence-electron chi connectivity index (χ2n) is 4.08. The molecule has 0 saturated carbocycles. The Labute approximate surface area is 109 Å². The van der Waals surface area contributed by atoms with E-state index < -0.39 is 5.91 Å². The number of rotatable bonds is 4. The first kappa shape index (κ1) is 13.7. The molecule has 1 aromatic carbocycles. The Bertz CT molecular complexity index is 432. The van der Waals surface area contributed by atoms with Gasteiger partial charge in [0, 0.05) is 11.3 Å². The van der Waals surface area contributed by atoms with E-state index >= 15 is 0 Å². The fraction of sp³-hybridized carbons (Fsp3) is 0.333. The van der Waals surface area contributed by atoms with Crippen LogP contribution in [0.1, 0.15) is 24.2 Å². The number of hydrogen-bond donors (Lipinski definition) is 2. The molecule has 0 fully saturated rings. The van der Waals surface area contributed by atoms with Gasteiger partial charge in [-0.1, -0.05) is 35.8 Å². The summed E-state index contributed by atoms with van der Waals surface area (Å²) < 4.78 is 0. The number of nitrogens with two attached hydrogens (primary N) is 1. The Morgan fingerprint density at radius 2 is 2.00 bits per heavy atom. The molecule has 4 nitrogen and oxygen atoms in total. The third kappa shape index (κ3) is 3.85. The van der Waals surface area contributed by atoms with Gasteiger partial charge in [0.1, 0.15) is 0 Å². The average Bonchev–Trinajstić information content (AvgIpc) is 2.28. The minimum Gasteiger partial charge on any atom is -0.366 e. The van der Waals surface area contributed by atoms with Crippen LogP contribution in [0.25, 0.3) is 0 Å². The van der Waals surface area contributed by atoms with Crippen molar-refractivity contribution in [2.24, 2.45) is 11.7 Å². The molecule has 0 aromatic heterocycles. The van der Waals surface area contributed by atoms with E-state index in [1.165, 1.54) is 0 Å². The standard InChI is InChI=1S/C12H15BrN2O2/c1-7(2)10(13)12(17)15-9-5-3-4-8(6-9)11(14)16/h3-7,10H,1-2H3,(H2,14,16)(H,15,17). The highest BCUT2D eigenvalue weighted by atomic mass is 79.9. The fourth-order valence-corrected chi connectivity index (χ4v) is 1.38. The zero-order chi connectivity index (χ0) is 13.0. The summed E-state index contributed by atoms with van der Waals surface area (Å²) in [5, 5.41) is 2.72. The van der Waals surface area contributed by atoms with Gasteiger partial charge in [-0.3, -0.25) is 9.59 Å². The van der Waals surface area contributed by atoms with E-state index in [2.05, 4.69) is 21.2 Å². The smallest absolute Gasteiger partial charge is 0.248 e. The minimum atomic E-state index is -0.514. The Morgan fingerprint density at radius 1 is 1.35 bits per heavy atom. The number of carbonyl (C=O) groups excluding carboxylic acids is 2. The lowest BCUT2D eigenvalue weighted by atomic mass is 10.1. The monoisotopic (exact) mass is 298 g/mol. The predicted molar refractivity (Wildman–Crippen MR) is 71.1 cm³/mol. The summed E-state index contributed by atoms with van der Waals surface area (Å²) in [6, 6.07) is 6.55. The van der Waals surface area contributed by atoms with Crippen LogP contribution in [0.4, 0.5) is 5.69 Å². The molecular weight excluding hydrogens is 284 g/mol. The van der Waals surface area contributed by atoms with Gasteiger partial charge in [-0.2, -0.15) is 0 Å². The van der Waals surface area contributed by atoms with Crippen LogP contribution in [0.3, 0.4) is 0 Å². The molecule has 2 amide bonds. The van der Waals surface area contributed by atoms with Crippen molar-refractivity contribution in [1.29, 1.82) is 0 Å². The van der Waals surface area contributed by atoms with Gasteiger partial charge < -0.3 is 11.1 Å². The van der Waals surface area contributed by atoms with Gasteiger partial charge >= 0.3 is 0 Å². The van der Waals surface area contributed by atoms with Crippen LogP contribution in [0.2, 0.25) is 0 Å². The zero-order valence-electron chi connectivity index (χ0n) is 9.74. The molecule has 1 unspecified atom stereocenters. The van der Waals surface area contributed by atoms with Gasteiger partial charge in [-0.25, -0.2) is 0 Å². The number of nitrogens with one attached hydrogen (secondary N) is 1. The molecule has 5 heteroatoms. The number of carbonyl (C=O) groups is 2. The van der Waals surface area contributed by atoms with E-state index in [9.17, 15) is 9.59 Å². The molecule has 3 N–H and O–H groups in total. The second kappa shape index (κ2) is 5.82. The lowest BCUT2D eigenvalue weighted by Crippen LogP contribution is -2.27. The van der Waals surface area contributed by atoms with E-state index in [-0.39, 0.29) is 16.7 Å². The number of primary amides is 1. The van der Waals surface area contributed by atoms with Crippen LogP contribution in [-0.4, -0.2) is 16.6 Å². The summed E-state index contributed by atoms with van der Waals surface area (Å²) in [6.07, 6.45) is 0. The molecule has 0 saturated heterocycles. The van der Waals surface area contributed by atoms with Crippen molar-refractivity contribution in [3.63, 3.8) is 0 Å². The number of benzene rings is 1. The second-order valence-corrected chi connectivity index (χ2v) is 5.07. The van der Waals surface area contributed by atoms with Gasteiger partial charge in [-0.15, -0.1) is 0 Å². The lowest BCUT2D eigenvalue weighted by Gasteiger charge is -2.14. The largest absolute Gasteiger partial charge is 0.366 e. The fourth-order valence-electron chi connectivity index (χ4n) is 1.26. The highest BCUT2D eigenvalue weighted by molar-refractivity contribution is 9.10. The average molecular weight is 299 g/mol. The number of hydrogen-bond acceptors (Lipinski definition) is 2. The SMILES string of the molecule is CC(C)C(Br)C(=O)Nc1cccc(C(N)=O)c1. The van der Waals surface area contributed by atoms with E-state index in [1.54, 1.807) is 24.3 Å². The van der Waals surface area contributed by atoms with E-state index in [0.29, 0.717) is 11.3 Å². The molecule has 0 spiro atoms. The first-order valence-electron chi connectivity index (χ1n) is 5.26. The molecule has 17 heavy (non-hydrogen) atoms. The Hall–Kier alpha value is -1.36. The van der Waals surface area contributed by atoms with Crippen LogP contribution < -0.4 is 11.1 Å². The highest BCUT2D eigenvalue weighted by Gasteiger charge is 2.18. The summed E-state index contributed by atoms with van der Waals surface area (Å²) >= 11 is 3.31. The molecule has 92 valence electrons. The van der Waals surface area contributed by atoms with Crippen LogP contribution in [0.5, 0.6) is 0 Å². The molecule has 1 rings (SSSR count). The summed E-state index contributed by atoms with van der Waals surface area (Å²) in [5.41, 5.74) is 6.10. The summed E-state index contributed by atoms with van der Waals surface area (Å²) in [6.45, 7) is 3.89. The first-order valence-corrected chi connectivity index (χ1v) is 6.18. The topological polar surface area (TPSA) is 72.2 Å². The Kier molecular flexibility index (Phi) is 4.69. The minimum absolute atomic E-state index is 0.137. The molecule has 0 bridgehead atoms. The summed E-state index contributed by atoms with van der Waals surface area (Å²) in [5.74, 6) is -0.462. The van der Waals surface area contributed by atoms with Gasteiger partial charge in [0.25, 0.3) is 0 Å². The predicted octanol–water partition coefficient (Wildman–Crippen LogP) is 2.14. The number of anilines is 1. The van der Waals surface area contributed by atoms with Crippen LogP contribution in [0, 0.1) is 5.92 Å². The first-order chi connectivity index (χ1) is 7.91. The van der Waals surface area contributed by atoms with E-state index in [0.717, 1.165) is 0 Å². The third-order valence-electron chi connectivity index (χ3n) is 2.25. The molecule has 1 atom stereocenters. The number of amides is 2.